The maximum Gasteiger partial charge on any atom is 0.258 e. The van der Waals surface area contributed by atoms with Gasteiger partial charge in [0.05, 0.1) is 35.6 Å². The first kappa shape index (κ1) is 38.7. The van der Waals surface area contributed by atoms with Gasteiger partial charge in [0.25, 0.3) is 11.8 Å². The quantitative estimate of drug-likeness (QED) is 0.170. The van der Waals surface area contributed by atoms with Crippen molar-refractivity contribution in [1.82, 2.24) is 10.2 Å². The highest BCUT2D eigenvalue weighted by Gasteiger charge is 2.36. The van der Waals surface area contributed by atoms with E-state index in [9.17, 15) is 22.6 Å². The van der Waals surface area contributed by atoms with Gasteiger partial charge < -0.3 is 30.2 Å². The predicted octanol–water partition coefficient (Wildman–Crippen LogP) is 6.94. The maximum atomic E-state index is 14.3. The van der Waals surface area contributed by atoms with Crippen LogP contribution in [0.5, 0.6) is 0 Å². The SMILES string of the molecule is CC.CNC(=O)c1c(-c2ccc(F)cc2)oc2cc(N(C)S(C)=O)c(-c3ccc4c(c3)C(=O)N([C@@H](COC)c3ccc(F)cc3)C(C)N4)cc12.O. The lowest BCUT2D eigenvalue weighted by Crippen LogP contribution is -2.50. The molecule has 10 nitrogen and oxygen atoms in total. The van der Waals surface area contributed by atoms with Crippen LogP contribution in [0.2, 0.25) is 0 Å². The molecule has 270 valence electrons. The van der Waals surface area contributed by atoms with Gasteiger partial charge in [-0.1, -0.05) is 32.0 Å². The van der Waals surface area contributed by atoms with Crippen molar-refractivity contribution < 1.29 is 37.2 Å². The average Bonchev–Trinajstić information content (AvgIpc) is 3.50. The molecule has 0 saturated carbocycles. The zero-order valence-electron chi connectivity index (χ0n) is 29.5. The van der Waals surface area contributed by atoms with Gasteiger partial charge in [-0.15, -0.1) is 0 Å². The Bertz CT molecular complexity index is 2050. The van der Waals surface area contributed by atoms with E-state index >= 15 is 0 Å². The Kier molecular flexibility index (Phi) is 12.3. The first-order valence-electron chi connectivity index (χ1n) is 16.2. The molecule has 0 radical (unpaired) electrons. The first-order chi connectivity index (χ1) is 24.0. The number of methoxy groups -OCH3 is 1. The number of halogens is 2. The van der Waals surface area contributed by atoms with E-state index in [0.717, 1.165) is 5.56 Å². The summed E-state index contributed by atoms with van der Waals surface area (Å²) in [4.78, 5) is 29.2. The average molecular weight is 721 g/mol. The monoisotopic (exact) mass is 720 g/mol. The molecule has 3 atom stereocenters. The lowest BCUT2D eigenvalue weighted by molar-refractivity contribution is 0.0429. The highest BCUT2D eigenvalue weighted by Crippen LogP contribution is 2.43. The summed E-state index contributed by atoms with van der Waals surface area (Å²) in [7, 11) is 3.29. The van der Waals surface area contributed by atoms with Crippen LogP contribution in [0.15, 0.2) is 83.3 Å². The number of hydrogen-bond donors (Lipinski definition) is 2. The number of carbonyl (C=O) groups is 2. The summed E-state index contributed by atoms with van der Waals surface area (Å²) >= 11 is 0. The molecule has 0 fully saturated rings. The third kappa shape index (κ3) is 7.51. The summed E-state index contributed by atoms with van der Waals surface area (Å²) in [6.07, 6.45) is 1.13. The Morgan fingerprint density at radius 1 is 1.00 bits per heavy atom. The van der Waals surface area contributed by atoms with Crippen LogP contribution < -0.4 is 14.9 Å². The van der Waals surface area contributed by atoms with Gasteiger partial charge in [-0.2, -0.15) is 0 Å². The van der Waals surface area contributed by atoms with Gasteiger partial charge in [0.15, 0.2) is 0 Å². The van der Waals surface area contributed by atoms with E-state index in [-0.39, 0.29) is 35.1 Å². The summed E-state index contributed by atoms with van der Waals surface area (Å²) < 4.78 is 53.6. The fourth-order valence-electron chi connectivity index (χ4n) is 6.13. The number of ether oxygens (including phenoxy) is 1. The second kappa shape index (κ2) is 16.3. The van der Waals surface area contributed by atoms with Crippen LogP contribution in [0.4, 0.5) is 20.2 Å². The van der Waals surface area contributed by atoms with Crippen molar-refractivity contribution in [3.63, 3.8) is 0 Å². The topological polar surface area (TPSA) is 136 Å². The highest BCUT2D eigenvalue weighted by atomic mass is 32.2. The molecule has 2 heterocycles. The number of nitrogens with zero attached hydrogens (tertiary/aromatic N) is 2. The number of hydrogen-bond acceptors (Lipinski definition) is 6. The normalized spacial score (nSPS) is 14.7. The van der Waals surface area contributed by atoms with E-state index in [2.05, 4.69) is 10.6 Å². The van der Waals surface area contributed by atoms with Crippen molar-refractivity contribution in [2.45, 2.75) is 33.0 Å². The Morgan fingerprint density at radius 2 is 1.61 bits per heavy atom. The van der Waals surface area contributed by atoms with Crippen LogP contribution >= 0.6 is 0 Å². The smallest absolute Gasteiger partial charge is 0.258 e. The molecule has 2 amide bonds. The van der Waals surface area contributed by atoms with Crippen LogP contribution in [0.1, 0.15) is 53.1 Å². The summed E-state index contributed by atoms with van der Waals surface area (Å²) in [6.45, 7) is 6.06. The molecule has 1 aliphatic rings. The fourth-order valence-corrected chi connectivity index (χ4v) is 6.56. The minimum absolute atomic E-state index is 0. The van der Waals surface area contributed by atoms with Gasteiger partial charge in [-0.05, 0) is 72.6 Å². The highest BCUT2D eigenvalue weighted by molar-refractivity contribution is 7.85. The molecule has 5 aromatic rings. The summed E-state index contributed by atoms with van der Waals surface area (Å²) in [5, 5.41) is 6.55. The van der Waals surface area contributed by atoms with Crippen LogP contribution in [0.25, 0.3) is 33.4 Å². The van der Waals surface area contributed by atoms with Crippen molar-refractivity contribution in [1.29, 1.82) is 0 Å². The molecule has 0 bridgehead atoms. The van der Waals surface area contributed by atoms with Crippen molar-refractivity contribution in [3.8, 4) is 22.5 Å². The first-order valence-corrected chi connectivity index (χ1v) is 17.7. The number of nitrogens with one attached hydrogen (secondary N) is 2. The van der Waals surface area contributed by atoms with E-state index in [4.69, 9.17) is 9.15 Å². The Hall–Kier alpha value is -5.11. The van der Waals surface area contributed by atoms with Gasteiger partial charge in [0.2, 0.25) is 0 Å². The molecule has 51 heavy (non-hydrogen) atoms. The van der Waals surface area contributed by atoms with Crippen LogP contribution in [0, 0.1) is 11.6 Å². The zero-order valence-corrected chi connectivity index (χ0v) is 30.3. The van der Waals surface area contributed by atoms with E-state index in [1.807, 2.05) is 32.9 Å². The van der Waals surface area contributed by atoms with E-state index < -0.39 is 34.9 Å². The molecule has 2 unspecified atom stereocenters. The maximum absolute atomic E-state index is 14.3. The van der Waals surface area contributed by atoms with E-state index in [0.29, 0.717) is 44.6 Å². The van der Waals surface area contributed by atoms with Crippen molar-refractivity contribution in [3.05, 3.63) is 107 Å². The number of anilines is 2. The molecule has 0 aliphatic carbocycles. The Morgan fingerprint density at radius 3 is 2.20 bits per heavy atom. The molecule has 13 heteroatoms. The number of fused-ring (bicyclic) bond motifs is 2. The van der Waals surface area contributed by atoms with Crippen molar-refractivity contribution in [2.24, 2.45) is 0 Å². The molecular formula is C38H42F2N4O6S. The molecular weight excluding hydrogens is 679 g/mol. The fraction of sp³-hybridized carbons (Fsp3) is 0.263. The molecule has 4 N–H and O–H groups in total. The van der Waals surface area contributed by atoms with Gasteiger partial charge >= 0.3 is 0 Å². The number of carbonyl (C=O) groups excluding carboxylic acids is 2. The molecule has 0 saturated heterocycles. The largest absolute Gasteiger partial charge is 0.455 e. The minimum Gasteiger partial charge on any atom is -0.455 e. The van der Waals surface area contributed by atoms with Crippen molar-refractivity contribution in [2.75, 3.05) is 43.7 Å². The second-order valence-electron chi connectivity index (χ2n) is 11.5. The number of amides is 2. The third-order valence-electron chi connectivity index (χ3n) is 8.58. The van der Waals surface area contributed by atoms with Crippen LogP contribution in [-0.2, 0) is 15.7 Å². The number of furan rings is 1. The van der Waals surface area contributed by atoms with E-state index in [1.165, 1.54) is 43.4 Å². The third-order valence-corrected chi connectivity index (χ3v) is 9.55. The van der Waals surface area contributed by atoms with Gasteiger partial charge in [0, 0.05) is 55.7 Å². The lowest BCUT2D eigenvalue weighted by atomic mass is 9.94. The standard InChI is InChI=1S/C36H34F2N4O5S.C2H6.H2O/c1-20-40-29-15-10-23(16-27(29)36(44)42(20)31(19-46-4)21-6-11-24(37)12-7-21)26-17-28-32(18-30(26)41(3)48(5)45)47-34(33(28)35(43)39-2)22-8-13-25(38)14-9-22;1-2;/h6-18,20,31,40H,19H2,1-5H3,(H,39,43);1-2H3;1H2/t20?,31-,48?;;/m0../s1. The zero-order chi connectivity index (χ0) is 36.3. The van der Waals surface area contributed by atoms with Gasteiger partial charge in [-0.3, -0.25) is 13.9 Å². The minimum atomic E-state index is -1.44. The molecule has 4 aromatic carbocycles. The number of rotatable bonds is 9. The molecule has 1 aromatic heterocycles. The van der Waals surface area contributed by atoms with Gasteiger partial charge in [0.1, 0.15) is 34.0 Å². The summed E-state index contributed by atoms with van der Waals surface area (Å²) in [6, 6.07) is 20.0. The molecule has 0 spiro atoms. The Labute approximate surface area is 298 Å². The lowest BCUT2D eigenvalue weighted by Gasteiger charge is -2.41. The van der Waals surface area contributed by atoms with E-state index in [1.54, 1.807) is 60.0 Å². The predicted molar refractivity (Wildman–Crippen MR) is 198 cm³/mol. The summed E-state index contributed by atoms with van der Waals surface area (Å²) in [5.41, 5.74) is 4.64. The van der Waals surface area contributed by atoms with Crippen LogP contribution in [0.3, 0.4) is 0 Å². The number of benzene rings is 4. The van der Waals surface area contributed by atoms with Crippen molar-refractivity contribution >= 4 is 45.1 Å². The second-order valence-corrected chi connectivity index (χ2v) is 12.9. The summed E-state index contributed by atoms with van der Waals surface area (Å²) in [5.74, 6) is -1.21. The Balaban J connectivity index is 0.00000191. The molecule has 1 aliphatic heterocycles. The van der Waals surface area contributed by atoms with Crippen LogP contribution in [-0.4, -0.2) is 66.6 Å². The molecule has 6 rings (SSSR count). The van der Waals surface area contributed by atoms with Gasteiger partial charge in [-0.25, -0.2) is 13.0 Å².